The SMILES string of the molecule is CCCC(=O)Nc1c(OC(=O)CCC)ccc2c3c([nH]c12)S(=O)C[C@@H]1NC(=O)CNC(=O)[C@H]([C@@H](C)CC)NC(=O)CNC(=O)[C@H](C3)NC(=O)[C@H](C(C)C(O)CO)NC(=O)[C@@H]2C[C@@H](O)CN2C(=O)[C@H](CC(=O)O)CC1=O. The molecular formula is C48H67N9O17S. The Morgan fingerprint density at radius 2 is 1.51 bits per heavy atom. The van der Waals surface area contributed by atoms with E-state index in [4.69, 9.17) is 4.74 Å². The molecule has 5 rings (SSSR count). The molecule has 412 valence electrons. The van der Waals surface area contributed by atoms with Crippen LogP contribution in [0.25, 0.3) is 10.9 Å². The average Bonchev–Trinajstić information content (AvgIpc) is 3.94. The summed E-state index contributed by atoms with van der Waals surface area (Å²) in [6, 6.07) is -5.73. The van der Waals surface area contributed by atoms with E-state index in [1.807, 2.05) is 0 Å². The van der Waals surface area contributed by atoms with Gasteiger partial charge < -0.3 is 72.3 Å². The number of carboxylic acid groups (broad SMARTS) is 1. The lowest BCUT2D eigenvalue weighted by Gasteiger charge is -2.32. The highest BCUT2D eigenvalue weighted by molar-refractivity contribution is 7.85. The van der Waals surface area contributed by atoms with E-state index in [-0.39, 0.29) is 45.8 Å². The van der Waals surface area contributed by atoms with Crippen molar-refractivity contribution in [2.75, 3.05) is 37.3 Å². The van der Waals surface area contributed by atoms with Crippen molar-refractivity contribution in [2.45, 2.75) is 140 Å². The summed E-state index contributed by atoms with van der Waals surface area (Å²) >= 11 is 0. The predicted octanol–water partition coefficient (Wildman–Crippen LogP) is -2.49. The van der Waals surface area contributed by atoms with Crippen LogP contribution < -0.4 is 42.0 Å². The summed E-state index contributed by atoms with van der Waals surface area (Å²) in [7, 11) is -2.54. The van der Waals surface area contributed by atoms with Crippen LogP contribution in [0.2, 0.25) is 0 Å². The molecule has 4 heterocycles. The van der Waals surface area contributed by atoms with Gasteiger partial charge in [0, 0.05) is 50.0 Å². The molecule has 1 aromatic carbocycles. The lowest BCUT2D eigenvalue weighted by atomic mass is 9.93. The Labute approximate surface area is 433 Å². The monoisotopic (exact) mass is 1070 g/mol. The molecule has 75 heavy (non-hydrogen) atoms. The van der Waals surface area contributed by atoms with Crippen molar-refractivity contribution in [3.8, 4) is 5.75 Å². The van der Waals surface area contributed by atoms with Crippen molar-refractivity contribution in [1.29, 1.82) is 0 Å². The zero-order valence-electron chi connectivity index (χ0n) is 42.3. The third-order valence-corrected chi connectivity index (χ3v) is 14.8. The minimum atomic E-state index is -2.54. The molecule has 3 aliphatic rings. The van der Waals surface area contributed by atoms with Gasteiger partial charge in [-0.3, -0.25) is 56.9 Å². The van der Waals surface area contributed by atoms with Crippen molar-refractivity contribution < 1.29 is 82.1 Å². The molecule has 2 aromatic rings. The summed E-state index contributed by atoms with van der Waals surface area (Å²) in [5, 5.41) is 59.0. The van der Waals surface area contributed by atoms with E-state index in [0.717, 1.165) is 4.90 Å². The molecule has 27 heteroatoms. The summed E-state index contributed by atoms with van der Waals surface area (Å²) in [6.07, 6.45) is -5.12. The van der Waals surface area contributed by atoms with Gasteiger partial charge in [0.2, 0.25) is 47.3 Å². The van der Waals surface area contributed by atoms with Gasteiger partial charge in [-0.25, -0.2) is 0 Å². The van der Waals surface area contributed by atoms with Gasteiger partial charge in [0.1, 0.15) is 34.9 Å². The number of aliphatic carboxylic acids is 1. The standard InChI is InChI=1S/C48H67N9O17S/c1-6-9-34(62)53-42-33(74-38(67)10-7-2)12-11-26-27-16-28-43(68)49-18-36(64)54-39(22(4)8-3)45(70)50-17-35(63)51-29(21-75(73)47(27)56-41(26)42)31(60)13-24(14-37(65)66)48(72)57-19-25(59)15-30(57)44(69)55-40(46(71)52-28)23(5)32(61)20-58/h11-12,22-25,28-30,32,39-40,56,58-59,61H,6-10,13-21H2,1-5H3,(H,49,68)(H,50,70)(H,51,63)(H,52,71)(H,53,62)(H,54,64)(H,55,69)(H,65,66)/t22-,23?,24-,25+,28-,29-,30-,32?,39-,40-,75?/m0/s1. The summed E-state index contributed by atoms with van der Waals surface area (Å²) in [5.74, 6) is -15.8. The summed E-state index contributed by atoms with van der Waals surface area (Å²) in [4.78, 5) is 156. The molecule has 0 radical (unpaired) electrons. The number of aliphatic hydroxyl groups is 3. The lowest BCUT2D eigenvalue weighted by molar-refractivity contribution is -0.148. The molecule has 0 saturated carbocycles. The molecule has 3 unspecified atom stereocenters. The number of esters is 1. The van der Waals surface area contributed by atoms with E-state index in [1.54, 1.807) is 27.7 Å². The number of nitrogens with one attached hydrogen (secondary N) is 8. The maximum Gasteiger partial charge on any atom is 0.311 e. The molecule has 12 N–H and O–H groups in total. The number of H-pyrrole nitrogens is 1. The van der Waals surface area contributed by atoms with Crippen molar-refractivity contribution >= 4 is 92.4 Å². The van der Waals surface area contributed by atoms with Crippen LogP contribution in [0.4, 0.5) is 5.69 Å². The van der Waals surface area contributed by atoms with Crippen LogP contribution in [0.15, 0.2) is 17.2 Å². The number of ether oxygens (including phenoxy) is 1. The van der Waals surface area contributed by atoms with Crippen molar-refractivity contribution in [2.24, 2.45) is 17.8 Å². The second-order valence-corrected chi connectivity index (χ2v) is 20.5. The fourth-order valence-electron chi connectivity index (χ4n) is 9.01. The quantitative estimate of drug-likeness (QED) is 0.0729. The molecular weight excluding hydrogens is 1010 g/mol. The van der Waals surface area contributed by atoms with Crippen molar-refractivity contribution in [1.82, 2.24) is 41.8 Å². The first-order chi connectivity index (χ1) is 35.5. The molecule has 26 nitrogen and oxygen atoms in total. The highest BCUT2D eigenvalue weighted by atomic mass is 32.2. The van der Waals surface area contributed by atoms with Crippen LogP contribution in [-0.4, -0.2) is 174 Å². The first-order valence-corrected chi connectivity index (χ1v) is 26.2. The van der Waals surface area contributed by atoms with Gasteiger partial charge in [0.15, 0.2) is 11.5 Å². The molecule has 0 spiro atoms. The number of hydrogen-bond donors (Lipinski definition) is 12. The molecule has 3 aliphatic heterocycles. The number of aromatic amines is 1. The van der Waals surface area contributed by atoms with E-state index in [2.05, 4.69) is 42.2 Å². The number of fused-ring (bicyclic) bond motifs is 5. The Bertz CT molecular complexity index is 2570. The van der Waals surface area contributed by atoms with E-state index < -0.39 is 194 Å². The Kier molecular flexibility index (Phi) is 20.9. The topological polar surface area (TPSA) is 398 Å². The zero-order valence-corrected chi connectivity index (χ0v) is 43.1. The van der Waals surface area contributed by atoms with Gasteiger partial charge in [0.05, 0.1) is 72.4 Å². The van der Waals surface area contributed by atoms with Crippen molar-refractivity contribution in [3.63, 3.8) is 0 Å². The molecule has 11 atom stereocenters. The van der Waals surface area contributed by atoms with Crippen LogP contribution in [0.5, 0.6) is 5.75 Å². The fourth-order valence-corrected chi connectivity index (χ4v) is 10.4. The first-order valence-electron chi connectivity index (χ1n) is 24.8. The van der Waals surface area contributed by atoms with Crippen LogP contribution >= 0.6 is 0 Å². The molecule has 0 aliphatic carbocycles. The van der Waals surface area contributed by atoms with Gasteiger partial charge in [-0.2, -0.15) is 0 Å². The lowest BCUT2D eigenvalue weighted by Crippen LogP contribution is -2.61. The van der Waals surface area contributed by atoms with Crippen LogP contribution in [-0.2, 0) is 70.0 Å². The normalized spacial score (nSPS) is 26.0. The number of aromatic nitrogens is 1. The third-order valence-electron chi connectivity index (χ3n) is 13.4. The van der Waals surface area contributed by atoms with Gasteiger partial charge >= 0.3 is 11.9 Å². The highest BCUT2D eigenvalue weighted by Crippen LogP contribution is 2.38. The van der Waals surface area contributed by atoms with Crippen molar-refractivity contribution in [3.05, 3.63) is 17.7 Å². The smallest absolute Gasteiger partial charge is 0.311 e. The second-order valence-electron chi connectivity index (χ2n) is 19.0. The predicted molar refractivity (Wildman–Crippen MR) is 264 cm³/mol. The number of amides is 8. The van der Waals surface area contributed by atoms with Crippen LogP contribution in [0.3, 0.4) is 0 Å². The number of nitrogens with zero attached hydrogens (tertiary/aromatic N) is 1. The minimum absolute atomic E-state index is 0.0133. The molecule has 1 saturated heterocycles. The van der Waals surface area contributed by atoms with Gasteiger partial charge in [-0.05, 0) is 36.5 Å². The summed E-state index contributed by atoms with van der Waals surface area (Å²) < 4.78 is 20.8. The van der Waals surface area contributed by atoms with Gasteiger partial charge in [-0.1, -0.05) is 41.0 Å². The zero-order chi connectivity index (χ0) is 55.4. The molecule has 1 aromatic heterocycles. The number of anilines is 1. The fraction of sp³-hybridized carbons (Fsp3) is 0.604. The number of carbonyl (C=O) groups is 11. The molecule has 1 fully saturated rings. The van der Waals surface area contributed by atoms with E-state index in [1.165, 1.54) is 19.1 Å². The van der Waals surface area contributed by atoms with Gasteiger partial charge in [-0.15, -0.1) is 0 Å². The number of rotatable bonds is 13. The number of Topliss-reactive ketones (excluding diaryl/α,β-unsaturated/α-hetero) is 1. The van der Waals surface area contributed by atoms with Crippen LogP contribution in [0.1, 0.15) is 91.5 Å². The second kappa shape index (κ2) is 26.6. The molecule has 8 amide bonds. The number of carbonyl (C=O) groups excluding carboxylic acids is 10. The average molecular weight is 1070 g/mol. The Morgan fingerprint density at radius 1 is 0.840 bits per heavy atom. The Morgan fingerprint density at radius 3 is 2.15 bits per heavy atom. The molecule has 2 bridgehead atoms. The highest BCUT2D eigenvalue weighted by Gasteiger charge is 2.45. The van der Waals surface area contributed by atoms with Crippen LogP contribution in [0, 0.1) is 17.8 Å². The Balaban J connectivity index is 1.84. The summed E-state index contributed by atoms with van der Waals surface area (Å²) in [5.41, 5.74) is -0.207. The minimum Gasteiger partial charge on any atom is -0.481 e. The maximum absolute atomic E-state index is 15.2. The van der Waals surface area contributed by atoms with E-state index in [0.29, 0.717) is 19.3 Å². The first kappa shape index (κ1) is 59.0. The number of ketones is 1. The largest absolute Gasteiger partial charge is 0.481 e. The Hall–Kier alpha value is -6.84. The number of aliphatic hydroxyl groups excluding tert-OH is 3. The maximum atomic E-state index is 15.2. The van der Waals surface area contributed by atoms with Gasteiger partial charge in [0.25, 0.3) is 0 Å². The number of hydrogen-bond acceptors (Lipinski definition) is 16. The van der Waals surface area contributed by atoms with E-state index >= 15 is 4.21 Å². The third kappa shape index (κ3) is 14.9. The number of benzene rings is 1. The summed E-state index contributed by atoms with van der Waals surface area (Å²) in [6.45, 7) is 4.97. The number of carboxylic acids is 1. The van der Waals surface area contributed by atoms with E-state index in [9.17, 15) is 73.2 Å².